The van der Waals surface area contributed by atoms with E-state index < -0.39 is 5.60 Å². The lowest BCUT2D eigenvalue weighted by atomic mass is 9.94. The van der Waals surface area contributed by atoms with Gasteiger partial charge in [0.05, 0.1) is 28.5 Å². The number of hydrogen-bond acceptors (Lipinski definition) is 6. The van der Waals surface area contributed by atoms with Crippen LogP contribution < -0.4 is 10.2 Å². The van der Waals surface area contributed by atoms with Crippen LogP contribution in [0.4, 0.5) is 17.3 Å². The van der Waals surface area contributed by atoms with Gasteiger partial charge in [0.1, 0.15) is 11.6 Å². The maximum atomic E-state index is 10.2. The fourth-order valence-electron chi connectivity index (χ4n) is 3.20. The molecule has 0 unspecified atom stereocenters. The zero-order valence-electron chi connectivity index (χ0n) is 14.7. The summed E-state index contributed by atoms with van der Waals surface area (Å²) in [6.07, 6.45) is 8.70. The quantitative estimate of drug-likeness (QED) is 0.698. The second-order valence-corrected chi connectivity index (χ2v) is 7.83. The van der Waals surface area contributed by atoms with Crippen molar-refractivity contribution < 1.29 is 5.11 Å². The number of aromatic nitrogens is 3. The average Bonchev–Trinajstić information content (AvgIpc) is 3.36. The molecule has 138 valence electrons. The molecule has 0 radical (unpaired) electrons. The van der Waals surface area contributed by atoms with Crippen molar-refractivity contribution in [2.45, 2.75) is 44.2 Å². The third-order valence-corrected chi connectivity index (χ3v) is 5.35. The van der Waals surface area contributed by atoms with Crippen LogP contribution in [0.3, 0.4) is 0 Å². The molecule has 26 heavy (non-hydrogen) atoms. The molecule has 1 saturated heterocycles. The van der Waals surface area contributed by atoms with Gasteiger partial charge in [-0.05, 0) is 38.7 Å². The highest BCUT2D eigenvalue weighted by molar-refractivity contribution is 6.33. The molecule has 1 aliphatic heterocycles. The van der Waals surface area contributed by atoms with Crippen LogP contribution >= 0.6 is 11.6 Å². The van der Waals surface area contributed by atoms with Gasteiger partial charge in [0.15, 0.2) is 0 Å². The van der Waals surface area contributed by atoms with Gasteiger partial charge in [0.2, 0.25) is 0 Å². The zero-order chi connectivity index (χ0) is 18.3. The Hall–Kier alpha value is -2.12. The lowest BCUT2D eigenvalue weighted by Crippen LogP contribution is -2.43. The molecule has 1 saturated carbocycles. The summed E-state index contributed by atoms with van der Waals surface area (Å²) >= 11 is 6.43. The van der Waals surface area contributed by atoms with Gasteiger partial charge < -0.3 is 20.7 Å². The Morgan fingerprint density at radius 3 is 2.77 bits per heavy atom. The highest BCUT2D eigenvalue weighted by Gasteiger charge is 2.29. The van der Waals surface area contributed by atoms with Crippen molar-refractivity contribution in [3.8, 4) is 0 Å². The van der Waals surface area contributed by atoms with Gasteiger partial charge in [-0.25, -0.2) is 4.98 Å². The Morgan fingerprint density at radius 2 is 2.12 bits per heavy atom. The number of hydrogen-bond donors (Lipinski definition) is 3. The van der Waals surface area contributed by atoms with Crippen molar-refractivity contribution in [3.05, 3.63) is 29.0 Å². The van der Waals surface area contributed by atoms with Crippen molar-refractivity contribution in [2.75, 3.05) is 23.3 Å². The average molecular weight is 375 g/mol. The smallest absolute Gasteiger partial charge is 0.149 e. The number of anilines is 3. The van der Waals surface area contributed by atoms with E-state index in [1.807, 2.05) is 17.8 Å². The summed E-state index contributed by atoms with van der Waals surface area (Å²) in [5.74, 6) is 1.27. The molecule has 3 N–H and O–H groups in total. The normalized spacial score (nSPS) is 19.4. The second-order valence-electron chi connectivity index (χ2n) is 7.43. The summed E-state index contributed by atoms with van der Waals surface area (Å²) in [5, 5.41) is 26.0. The molecule has 8 heteroatoms. The van der Waals surface area contributed by atoms with Crippen LogP contribution in [0, 0.1) is 5.41 Å². The molecule has 7 nitrogen and oxygen atoms in total. The van der Waals surface area contributed by atoms with Crippen LogP contribution in [0.15, 0.2) is 18.5 Å². The van der Waals surface area contributed by atoms with Crippen molar-refractivity contribution >= 4 is 35.1 Å². The topological polar surface area (TPSA) is 90.1 Å². The summed E-state index contributed by atoms with van der Waals surface area (Å²) in [6, 6.07) is 2.28. The van der Waals surface area contributed by atoms with Crippen LogP contribution in [0.1, 0.15) is 44.2 Å². The Kier molecular flexibility index (Phi) is 4.36. The van der Waals surface area contributed by atoms with E-state index in [9.17, 15) is 5.11 Å². The molecule has 2 aromatic heterocycles. The molecule has 2 aliphatic rings. The Morgan fingerprint density at radius 1 is 1.38 bits per heavy atom. The number of piperidine rings is 1. The first kappa shape index (κ1) is 17.3. The first-order valence-corrected chi connectivity index (χ1v) is 9.32. The summed E-state index contributed by atoms with van der Waals surface area (Å²) < 4.78 is 1.97. The Labute approximate surface area is 157 Å². The lowest BCUT2D eigenvalue weighted by Gasteiger charge is -2.37. The molecule has 0 aromatic carbocycles. The van der Waals surface area contributed by atoms with Crippen LogP contribution in [0.25, 0.3) is 0 Å². The van der Waals surface area contributed by atoms with Crippen molar-refractivity contribution in [1.29, 1.82) is 5.41 Å². The number of pyridine rings is 1. The predicted octanol–water partition coefficient (Wildman–Crippen LogP) is 3.36. The molecule has 0 amide bonds. The molecule has 0 spiro atoms. The molecule has 2 fully saturated rings. The highest BCUT2D eigenvalue weighted by Crippen LogP contribution is 2.36. The van der Waals surface area contributed by atoms with Gasteiger partial charge in [-0.15, -0.1) is 0 Å². The Balaban J connectivity index is 1.59. The van der Waals surface area contributed by atoms with Crippen LogP contribution in [-0.2, 0) is 0 Å². The standard InChI is InChI=1S/C18H23ClN6O/c1-18(26)4-6-24(7-5-18)17-15(19)8-12(9-20)16(23-17)22-13-10-21-25(11-13)14-2-3-14/h8-11,14,20,26H,2-7H2,1H3,(H,22,23). The number of rotatable bonds is 5. The van der Waals surface area contributed by atoms with E-state index in [1.165, 1.54) is 19.1 Å². The van der Waals surface area contributed by atoms with Crippen LogP contribution in [-0.4, -0.2) is 44.8 Å². The number of nitrogens with zero attached hydrogens (tertiary/aromatic N) is 4. The third kappa shape index (κ3) is 3.54. The van der Waals surface area contributed by atoms with E-state index in [2.05, 4.69) is 15.3 Å². The molecule has 4 rings (SSSR count). The lowest BCUT2D eigenvalue weighted by molar-refractivity contribution is 0.0350. The molecule has 3 heterocycles. The molecule has 1 aliphatic carbocycles. The fraction of sp³-hybridized carbons (Fsp3) is 0.500. The SMILES string of the molecule is CC1(O)CCN(c2nc(Nc3cnn(C4CC4)c3)c(C=N)cc2Cl)CC1. The van der Waals surface area contributed by atoms with Crippen molar-refractivity contribution in [1.82, 2.24) is 14.8 Å². The number of nitrogens with one attached hydrogen (secondary N) is 2. The predicted molar refractivity (Wildman–Crippen MR) is 103 cm³/mol. The molecule has 0 bridgehead atoms. The zero-order valence-corrected chi connectivity index (χ0v) is 15.5. The maximum absolute atomic E-state index is 10.2. The number of halogens is 1. The van der Waals surface area contributed by atoms with Gasteiger partial charge in [-0.3, -0.25) is 4.68 Å². The van der Waals surface area contributed by atoms with Gasteiger partial charge in [-0.1, -0.05) is 11.6 Å². The highest BCUT2D eigenvalue weighted by atomic mass is 35.5. The summed E-state index contributed by atoms with van der Waals surface area (Å²) in [5.41, 5.74) is 0.848. The van der Waals surface area contributed by atoms with E-state index in [0.29, 0.717) is 54.2 Å². The largest absolute Gasteiger partial charge is 0.390 e. The van der Waals surface area contributed by atoms with Gasteiger partial charge in [0, 0.05) is 31.1 Å². The minimum Gasteiger partial charge on any atom is -0.390 e. The van der Waals surface area contributed by atoms with Crippen molar-refractivity contribution in [2.24, 2.45) is 0 Å². The number of aliphatic hydroxyl groups is 1. The molecular weight excluding hydrogens is 352 g/mol. The first-order valence-electron chi connectivity index (χ1n) is 8.95. The van der Waals surface area contributed by atoms with E-state index in [4.69, 9.17) is 22.0 Å². The maximum Gasteiger partial charge on any atom is 0.149 e. The summed E-state index contributed by atoms with van der Waals surface area (Å²) in [6.45, 7) is 3.26. The minimum absolute atomic E-state index is 0.516. The molecular formula is C18H23ClN6O. The molecule has 2 aromatic rings. The van der Waals surface area contributed by atoms with Crippen LogP contribution in [0.5, 0.6) is 0 Å². The monoisotopic (exact) mass is 374 g/mol. The molecule has 0 atom stereocenters. The van der Waals surface area contributed by atoms with E-state index in [1.54, 1.807) is 12.3 Å². The minimum atomic E-state index is -0.629. The summed E-state index contributed by atoms with van der Waals surface area (Å²) in [4.78, 5) is 6.78. The van der Waals surface area contributed by atoms with Gasteiger partial charge in [-0.2, -0.15) is 5.10 Å². The van der Waals surface area contributed by atoms with Gasteiger partial charge >= 0.3 is 0 Å². The first-order chi connectivity index (χ1) is 12.4. The Bertz CT molecular complexity index is 819. The fourth-order valence-corrected chi connectivity index (χ4v) is 3.48. The van der Waals surface area contributed by atoms with Crippen molar-refractivity contribution in [3.63, 3.8) is 0 Å². The second kappa shape index (κ2) is 6.55. The van der Waals surface area contributed by atoms with Gasteiger partial charge in [0.25, 0.3) is 0 Å². The van der Waals surface area contributed by atoms with E-state index in [-0.39, 0.29) is 0 Å². The van der Waals surface area contributed by atoms with Crippen LogP contribution in [0.2, 0.25) is 5.02 Å². The summed E-state index contributed by atoms with van der Waals surface area (Å²) in [7, 11) is 0. The van der Waals surface area contributed by atoms with E-state index >= 15 is 0 Å². The third-order valence-electron chi connectivity index (χ3n) is 5.07. The van der Waals surface area contributed by atoms with E-state index in [0.717, 1.165) is 5.69 Å².